The van der Waals surface area contributed by atoms with E-state index >= 15 is 0 Å². The summed E-state index contributed by atoms with van der Waals surface area (Å²) in [6.07, 6.45) is 2.08. The maximum absolute atomic E-state index is 5.56. The minimum absolute atomic E-state index is 0.00245. The Bertz CT molecular complexity index is 2820. The summed E-state index contributed by atoms with van der Waals surface area (Å²) in [5, 5.41) is 10.0. The van der Waals surface area contributed by atoms with Crippen LogP contribution in [0.15, 0.2) is 72.8 Å². The van der Waals surface area contributed by atoms with Crippen LogP contribution in [0.25, 0.3) is 84.0 Å². The van der Waals surface area contributed by atoms with Gasteiger partial charge in [0.05, 0.1) is 22.1 Å². The average Bonchev–Trinajstić information content (AvgIpc) is 3.83. The van der Waals surface area contributed by atoms with E-state index in [1.54, 1.807) is 0 Å². The van der Waals surface area contributed by atoms with Crippen molar-refractivity contribution >= 4 is 107 Å². The van der Waals surface area contributed by atoms with Crippen LogP contribution in [-0.2, 0) is 18.3 Å². The topological polar surface area (TPSA) is 25.8 Å². The van der Waals surface area contributed by atoms with Crippen LogP contribution in [0, 0.1) is 18.8 Å². The molecule has 8 bridgehead atoms. The third kappa shape index (κ3) is 5.02. The second kappa shape index (κ2) is 10.9. The van der Waals surface area contributed by atoms with Gasteiger partial charge in [-0.1, -0.05) is 48.5 Å². The molecule has 4 heteroatoms. The van der Waals surface area contributed by atoms with E-state index in [9.17, 15) is 0 Å². The summed E-state index contributed by atoms with van der Waals surface area (Å²) in [5.74, 6) is 1.13. The second-order valence-corrected chi connectivity index (χ2v) is 18.4. The van der Waals surface area contributed by atoms with Gasteiger partial charge >= 0.3 is 0 Å². The Morgan fingerprint density at radius 3 is 1.24 bits per heavy atom. The highest BCUT2D eigenvalue weighted by molar-refractivity contribution is 7.25. The van der Waals surface area contributed by atoms with Gasteiger partial charge in [-0.15, -0.1) is 22.7 Å². The highest BCUT2D eigenvalue weighted by Crippen LogP contribution is 2.43. The van der Waals surface area contributed by atoms with Gasteiger partial charge in [0.2, 0.25) is 0 Å². The van der Waals surface area contributed by atoms with Gasteiger partial charge in [-0.05, 0) is 132 Å². The number of hydrogen-bond acceptors (Lipinski definition) is 4. The van der Waals surface area contributed by atoms with Gasteiger partial charge < -0.3 is 0 Å². The van der Waals surface area contributed by atoms with E-state index in [-0.39, 0.29) is 5.41 Å². The molecule has 0 aliphatic rings. The fraction of sp³-hybridized carbons (Fsp3) is 0.289. The zero-order valence-electron chi connectivity index (χ0n) is 29.7. The molecule has 0 fully saturated rings. The number of thiophene rings is 2. The van der Waals surface area contributed by atoms with Gasteiger partial charge in [0.15, 0.2) is 0 Å². The lowest BCUT2D eigenvalue weighted by atomic mass is 9.85. The number of nitrogens with zero attached hydrogens (tertiary/aromatic N) is 2. The fourth-order valence-corrected chi connectivity index (χ4v) is 10.0. The summed E-state index contributed by atoms with van der Waals surface area (Å²) in [6, 6.07) is 28.5. The lowest BCUT2D eigenvalue weighted by Gasteiger charge is -2.19. The molecule has 0 N–H and O–H groups in total. The highest BCUT2D eigenvalue weighted by Gasteiger charge is 2.21. The van der Waals surface area contributed by atoms with Crippen LogP contribution in [0.5, 0.6) is 0 Å². The Hall–Kier alpha value is -4.12. The molecule has 9 rings (SSSR count). The molecular weight excluding hydrogens is 633 g/mol. The van der Waals surface area contributed by atoms with E-state index in [0.717, 1.165) is 34.9 Å². The van der Waals surface area contributed by atoms with Crippen molar-refractivity contribution in [3.8, 4) is 0 Å². The SMILES string of the molecule is Cc1cc2c3ccc(s3)c3cc(CC(C)C)cc4c5cc(CC(C)C)cc(c6ccc(s6)c6cc(C(C)(C)C)cc7c(c1)c2nc67)c5nc34. The summed E-state index contributed by atoms with van der Waals surface area (Å²) in [6.45, 7) is 18.5. The number of benzene rings is 4. The van der Waals surface area contributed by atoms with Crippen molar-refractivity contribution in [2.45, 2.75) is 73.6 Å². The van der Waals surface area contributed by atoms with E-state index in [1.165, 1.54) is 84.1 Å². The van der Waals surface area contributed by atoms with Crippen molar-refractivity contribution in [3.63, 3.8) is 0 Å². The third-order valence-electron chi connectivity index (χ3n) is 10.2. The Balaban J connectivity index is 1.56. The first-order valence-electron chi connectivity index (χ1n) is 17.7. The van der Waals surface area contributed by atoms with Crippen LogP contribution in [0.3, 0.4) is 0 Å². The van der Waals surface area contributed by atoms with Gasteiger partial charge in [-0.3, -0.25) is 0 Å². The maximum Gasteiger partial charge on any atom is 0.0803 e. The van der Waals surface area contributed by atoms with Crippen molar-refractivity contribution in [2.24, 2.45) is 11.8 Å². The molecule has 49 heavy (non-hydrogen) atoms. The molecule has 0 saturated carbocycles. The first-order valence-corrected chi connectivity index (χ1v) is 19.4. The van der Waals surface area contributed by atoms with Gasteiger partial charge in [0, 0.05) is 61.9 Å². The molecule has 0 amide bonds. The number of rotatable bonds is 4. The lowest BCUT2D eigenvalue weighted by molar-refractivity contribution is 0.592. The van der Waals surface area contributed by atoms with Crippen molar-refractivity contribution in [3.05, 3.63) is 95.1 Å². The van der Waals surface area contributed by atoms with Crippen LogP contribution in [0.2, 0.25) is 0 Å². The Morgan fingerprint density at radius 2 is 0.816 bits per heavy atom. The number of aromatic nitrogens is 2. The molecule has 2 nitrogen and oxygen atoms in total. The summed E-state index contributed by atoms with van der Waals surface area (Å²) < 4.78 is 5.05. The normalized spacial score (nSPS) is 13.0. The smallest absolute Gasteiger partial charge is 0.0803 e. The molecule has 5 aromatic heterocycles. The van der Waals surface area contributed by atoms with E-state index in [2.05, 4.69) is 128 Å². The predicted molar refractivity (Wildman–Crippen MR) is 218 cm³/mol. The molecular formula is C45H42N2S2. The molecule has 4 aromatic carbocycles. The molecule has 9 aromatic rings. The Morgan fingerprint density at radius 1 is 0.490 bits per heavy atom. The van der Waals surface area contributed by atoms with Crippen LogP contribution < -0.4 is 0 Å². The molecule has 244 valence electrons. The summed E-state index contributed by atoms with van der Waals surface area (Å²) in [5.41, 5.74) is 9.81. The zero-order chi connectivity index (χ0) is 33.9. The number of fused-ring (bicyclic) bond motifs is 10. The Kier molecular flexibility index (Phi) is 6.90. The molecule has 0 saturated heterocycles. The predicted octanol–water partition coefficient (Wildman–Crippen LogP) is 13.8. The average molecular weight is 675 g/mol. The van der Waals surface area contributed by atoms with E-state index < -0.39 is 0 Å². The molecule has 5 heterocycles. The maximum atomic E-state index is 5.56. The van der Waals surface area contributed by atoms with E-state index in [1.807, 2.05) is 22.7 Å². The van der Waals surface area contributed by atoms with Crippen LogP contribution in [0.4, 0.5) is 0 Å². The van der Waals surface area contributed by atoms with Crippen molar-refractivity contribution in [2.75, 3.05) is 0 Å². The molecule has 0 aliphatic heterocycles. The first-order chi connectivity index (χ1) is 23.4. The highest BCUT2D eigenvalue weighted by atomic mass is 32.1. The standard InChI is InChI=1S/C45H42N2S2/c1-23(2)13-26-17-30-31-18-27(14-24(3)4)20-35-39-11-12-40(49-39)36-22-28(45(6,7)8)21-32-29-15-25(5)16-33(41(29)46-44(32)36)37-9-10-38(48-37)34(19-26)42(30)47-43(31)35/h9-12,15-24H,13-14H2,1-8H3. The fourth-order valence-electron chi connectivity index (χ4n) is 7.95. The minimum atomic E-state index is 0.00245. The lowest BCUT2D eigenvalue weighted by Crippen LogP contribution is -2.10. The monoisotopic (exact) mass is 674 g/mol. The molecule has 0 radical (unpaired) electrons. The van der Waals surface area contributed by atoms with E-state index in [0.29, 0.717) is 11.8 Å². The molecule has 0 spiro atoms. The molecule has 0 atom stereocenters. The number of hydrogen-bond donors (Lipinski definition) is 0. The van der Waals surface area contributed by atoms with Crippen molar-refractivity contribution < 1.29 is 0 Å². The Labute approximate surface area is 295 Å². The van der Waals surface area contributed by atoms with Gasteiger partial charge in [0.25, 0.3) is 0 Å². The number of aryl methyl sites for hydroxylation is 1. The van der Waals surface area contributed by atoms with Crippen molar-refractivity contribution in [1.29, 1.82) is 0 Å². The quantitative estimate of drug-likeness (QED) is 0.186. The van der Waals surface area contributed by atoms with Crippen molar-refractivity contribution in [1.82, 2.24) is 9.97 Å². The van der Waals surface area contributed by atoms with Crippen LogP contribution in [0.1, 0.15) is 70.7 Å². The molecule has 0 unspecified atom stereocenters. The first kappa shape index (κ1) is 30.9. The van der Waals surface area contributed by atoms with E-state index in [4.69, 9.17) is 9.97 Å². The second-order valence-electron chi connectivity index (χ2n) is 16.2. The minimum Gasteiger partial charge on any atom is -0.246 e. The van der Waals surface area contributed by atoms with Gasteiger partial charge in [-0.25, -0.2) is 9.97 Å². The largest absolute Gasteiger partial charge is 0.246 e. The third-order valence-corrected chi connectivity index (χ3v) is 12.5. The van der Waals surface area contributed by atoms with Crippen LogP contribution in [-0.4, -0.2) is 9.97 Å². The van der Waals surface area contributed by atoms with Crippen LogP contribution >= 0.6 is 22.7 Å². The summed E-state index contributed by atoms with van der Waals surface area (Å²) in [7, 11) is 0. The van der Waals surface area contributed by atoms with Gasteiger partial charge in [-0.2, -0.15) is 0 Å². The molecule has 0 aliphatic carbocycles. The van der Waals surface area contributed by atoms with Gasteiger partial charge in [0.1, 0.15) is 0 Å². The summed E-state index contributed by atoms with van der Waals surface area (Å²) >= 11 is 3.76. The zero-order valence-corrected chi connectivity index (χ0v) is 31.3. The summed E-state index contributed by atoms with van der Waals surface area (Å²) in [4.78, 5) is 11.1.